The minimum Gasteiger partial charge on any atom is -0.293 e. The molecule has 142 valence electrons. The van der Waals surface area contributed by atoms with E-state index in [1.807, 2.05) is 49.4 Å². The molecule has 0 spiro atoms. The summed E-state index contributed by atoms with van der Waals surface area (Å²) in [7, 11) is 0. The van der Waals surface area contributed by atoms with Gasteiger partial charge in [-0.05, 0) is 53.4 Å². The second kappa shape index (κ2) is 6.67. The minimum atomic E-state index is -0.196. The fourth-order valence-corrected chi connectivity index (χ4v) is 3.60. The molecule has 0 aliphatic heterocycles. The summed E-state index contributed by atoms with van der Waals surface area (Å²) in [5.41, 5.74) is 4.79. The standard InChI is InChI=1S/C23H19N5O/c1-15-10-11-19(12-16(15)2)28-22-21(25-26-28)23(29)27(14-24-22)13-18-8-5-7-17-6-3-4-9-20(17)18/h3-12,14H,13H2,1-2H3. The van der Waals surface area contributed by atoms with E-state index in [-0.39, 0.29) is 11.1 Å². The van der Waals surface area contributed by atoms with Crippen LogP contribution < -0.4 is 5.56 Å². The Morgan fingerprint density at radius 1 is 0.931 bits per heavy atom. The van der Waals surface area contributed by atoms with Crippen LogP contribution in [0.4, 0.5) is 0 Å². The number of benzene rings is 3. The molecule has 0 saturated carbocycles. The van der Waals surface area contributed by atoms with Crippen molar-refractivity contribution in [2.75, 3.05) is 0 Å². The van der Waals surface area contributed by atoms with Crippen LogP contribution >= 0.6 is 0 Å². The lowest BCUT2D eigenvalue weighted by Crippen LogP contribution is -2.21. The van der Waals surface area contributed by atoms with Gasteiger partial charge in [-0.3, -0.25) is 9.36 Å². The first kappa shape index (κ1) is 17.3. The van der Waals surface area contributed by atoms with Crippen molar-refractivity contribution < 1.29 is 0 Å². The highest BCUT2D eigenvalue weighted by atomic mass is 16.1. The Labute approximate surface area is 167 Å². The van der Waals surface area contributed by atoms with Crippen molar-refractivity contribution in [3.8, 4) is 5.69 Å². The summed E-state index contributed by atoms with van der Waals surface area (Å²) in [6, 6.07) is 20.3. The van der Waals surface area contributed by atoms with Crippen molar-refractivity contribution in [2.24, 2.45) is 0 Å². The molecule has 6 nitrogen and oxygen atoms in total. The average Bonchev–Trinajstić information content (AvgIpc) is 3.17. The van der Waals surface area contributed by atoms with E-state index in [9.17, 15) is 4.79 Å². The number of hydrogen-bond donors (Lipinski definition) is 0. The maximum atomic E-state index is 13.0. The molecule has 0 unspecified atom stereocenters. The van der Waals surface area contributed by atoms with Gasteiger partial charge in [-0.25, -0.2) is 4.98 Å². The normalized spacial score (nSPS) is 11.4. The van der Waals surface area contributed by atoms with E-state index in [4.69, 9.17) is 0 Å². The number of fused-ring (bicyclic) bond motifs is 2. The number of hydrogen-bond acceptors (Lipinski definition) is 4. The molecule has 5 aromatic rings. The molecule has 5 rings (SSSR count). The molecule has 29 heavy (non-hydrogen) atoms. The first-order chi connectivity index (χ1) is 14.1. The van der Waals surface area contributed by atoms with E-state index in [2.05, 4.69) is 40.4 Å². The van der Waals surface area contributed by atoms with Gasteiger partial charge in [-0.1, -0.05) is 53.7 Å². The first-order valence-corrected chi connectivity index (χ1v) is 9.47. The Kier molecular flexibility index (Phi) is 3.98. The monoisotopic (exact) mass is 381 g/mol. The van der Waals surface area contributed by atoms with Crippen molar-refractivity contribution in [3.05, 3.63) is 94.0 Å². The molecule has 0 aliphatic rings. The molecule has 0 N–H and O–H groups in total. The summed E-state index contributed by atoms with van der Waals surface area (Å²) in [5.74, 6) is 0. The molecule has 0 bridgehead atoms. The second-order valence-corrected chi connectivity index (χ2v) is 7.26. The molecule has 0 amide bonds. The number of aromatic nitrogens is 5. The zero-order valence-electron chi connectivity index (χ0n) is 16.2. The first-order valence-electron chi connectivity index (χ1n) is 9.47. The Hall–Kier alpha value is -3.80. The van der Waals surface area contributed by atoms with Crippen molar-refractivity contribution in [1.82, 2.24) is 24.5 Å². The lowest BCUT2D eigenvalue weighted by atomic mass is 10.0. The van der Waals surface area contributed by atoms with E-state index in [1.54, 1.807) is 15.6 Å². The molecule has 0 fully saturated rings. The van der Waals surface area contributed by atoms with Crippen LogP contribution in [0.3, 0.4) is 0 Å². The molecule has 0 radical (unpaired) electrons. The highest BCUT2D eigenvalue weighted by Gasteiger charge is 2.14. The van der Waals surface area contributed by atoms with Gasteiger partial charge in [-0.2, -0.15) is 4.68 Å². The van der Waals surface area contributed by atoms with E-state index in [0.717, 1.165) is 27.6 Å². The smallest absolute Gasteiger partial charge is 0.283 e. The Morgan fingerprint density at radius 3 is 2.62 bits per heavy atom. The number of nitrogens with zero attached hydrogens (tertiary/aromatic N) is 5. The van der Waals surface area contributed by atoms with E-state index >= 15 is 0 Å². The average molecular weight is 381 g/mol. The Balaban J connectivity index is 1.59. The van der Waals surface area contributed by atoms with Crippen LogP contribution in [0.15, 0.2) is 71.8 Å². The van der Waals surface area contributed by atoms with Crippen LogP contribution in [0.1, 0.15) is 16.7 Å². The molecule has 3 aromatic carbocycles. The summed E-state index contributed by atoms with van der Waals surface area (Å²) in [4.78, 5) is 17.5. The van der Waals surface area contributed by atoms with E-state index in [1.165, 1.54) is 5.56 Å². The summed E-state index contributed by atoms with van der Waals surface area (Å²) >= 11 is 0. The lowest BCUT2D eigenvalue weighted by Gasteiger charge is -2.09. The van der Waals surface area contributed by atoms with Gasteiger partial charge in [0, 0.05) is 0 Å². The van der Waals surface area contributed by atoms with Crippen molar-refractivity contribution in [1.29, 1.82) is 0 Å². The van der Waals surface area contributed by atoms with Crippen LogP contribution in [0.5, 0.6) is 0 Å². The molecular weight excluding hydrogens is 362 g/mol. The van der Waals surface area contributed by atoms with Gasteiger partial charge in [0.1, 0.15) is 6.33 Å². The van der Waals surface area contributed by atoms with Crippen molar-refractivity contribution >= 4 is 21.9 Å². The maximum absolute atomic E-state index is 13.0. The van der Waals surface area contributed by atoms with Gasteiger partial charge in [0.05, 0.1) is 12.2 Å². The van der Waals surface area contributed by atoms with Crippen molar-refractivity contribution in [3.63, 3.8) is 0 Å². The van der Waals surface area contributed by atoms with Crippen LogP contribution in [0.25, 0.3) is 27.6 Å². The quantitative estimate of drug-likeness (QED) is 0.477. The van der Waals surface area contributed by atoms with Gasteiger partial charge in [-0.15, -0.1) is 5.10 Å². The van der Waals surface area contributed by atoms with Crippen LogP contribution in [0, 0.1) is 13.8 Å². The van der Waals surface area contributed by atoms with Crippen LogP contribution in [0.2, 0.25) is 0 Å². The Bertz CT molecular complexity index is 1430. The summed E-state index contributed by atoms with van der Waals surface area (Å²) in [5, 5.41) is 10.6. The van der Waals surface area contributed by atoms with E-state index in [0.29, 0.717) is 12.2 Å². The summed E-state index contributed by atoms with van der Waals surface area (Å²) < 4.78 is 3.20. The second-order valence-electron chi connectivity index (χ2n) is 7.26. The predicted octanol–water partition coefficient (Wildman–Crippen LogP) is 3.80. The third-order valence-corrected chi connectivity index (χ3v) is 5.39. The van der Waals surface area contributed by atoms with Crippen LogP contribution in [-0.4, -0.2) is 24.5 Å². The summed E-state index contributed by atoms with van der Waals surface area (Å²) in [6.45, 7) is 4.53. The van der Waals surface area contributed by atoms with Gasteiger partial charge in [0.15, 0.2) is 11.2 Å². The van der Waals surface area contributed by atoms with Gasteiger partial charge in [0.2, 0.25) is 0 Å². The summed E-state index contributed by atoms with van der Waals surface area (Å²) in [6.07, 6.45) is 1.58. The van der Waals surface area contributed by atoms with Gasteiger partial charge < -0.3 is 0 Å². The SMILES string of the molecule is Cc1ccc(-n2nnc3c(=O)n(Cc4cccc5ccccc45)cnc32)cc1C. The minimum absolute atomic E-state index is 0.196. The zero-order valence-corrected chi connectivity index (χ0v) is 16.2. The highest BCUT2D eigenvalue weighted by molar-refractivity contribution is 5.85. The third-order valence-electron chi connectivity index (χ3n) is 5.39. The lowest BCUT2D eigenvalue weighted by molar-refractivity contribution is 0.749. The molecule has 2 heterocycles. The molecule has 2 aromatic heterocycles. The predicted molar refractivity (Wildman–Crippen MR) is 113 cm³/mol. The fraction of sp³-hybridized carbons (Fsp3) is 0.130. The maximum Gasteiger partial charge on any atom is 0.283 e. The topological polar surface area (TPSA) is 65.6 Å². The van der Waals surface area contributed by atoms with E-state index < -0.39 is 0 Å². The molecule has 6 heteroatoms. The van der Waals surface area contributed by atoms with Crippen LogP contribution in [-0.2, 0) is 6.54 Å². The zero-order chi connectivity index (χ0) is 20.0. The highest BCUT2D eigenvalue weighted by Crippen LogP contribution is 2.20. The fourth-order valence-electron chi connectivity index (χ4n) is 3.60. The molecular formula is C23H19N5O. The van der Waals surface area contributed by atoms with Gasteiger partial charge >= 0.3 is 0 Å². The number of aryl methyl sites for hydroxylation is 2. The molecule has 0 saturated heterocycles. The largest absolute Gasteiger partial charge is 0.293 e. The van der Waals surface area contributed by atoms with Gasteiger partial charge in [0.25, 0.3) is 5.56 Å². The molecule has 0 aliphatic carbocycles. The number of rotatable bonds is 3. The van der Waals surface area contributed by atoms with Crippen molar-refractivity contribution in [2.45, 2.75) is 20.4 Å². The third kappa shape index (κ3) is 2.89. The Morgan fingerprint density at radius 2 is 1.76 bits per heavy atom. The molecule has 0 atom stereocenters.